The van der Waals surface area contributed by atoms with Gasteiger partial charge in [-0.3, -0.25) is 9.59 Å². The van der Waals surface area contributed by atoms with E-state index in [9.17, 15) is 9.59 Å². The SMILES string of the molecule is C[Si](C)(C)[C@@H](C(N)=O)C(=O)N(C#N)C1CC1. The Morgan fingerprint density at radius 2 is 1.94 bits per heavy atom. The zero-order valence-electron chi connectivity index (χ0n) is 9.86. The average Bonchev–Trinajstić information content (AvgIpc) is 2.85. The molecule has 0 unspecified atom stereocenters. The molecule has 0 aromatic heterocycles. The Morgan fingerprint density at radius 1 is 1.44 bits per heavy atom. The fraction of sp³-hybridized carbons (Fsp3) is 0.700. The molecular formula is C10H17N3O2Si. The summed E-state index contributed by atoms with van der Waals surface area (Å²) in [5, 5.41) is 8.92. The first-order valence-electron chi connectivity index (χ1n) is 5.31. The second-order valence-corrected chi connectivity index (χ2v) is 10.6. The summed E-state index contributed by atoms with van der Waals surface area (Å²) in [7, 11) is -2.03. The summed E-state index contributed by atoms with van der Waals surface area (Å²) in [5.41, 5.74) is 4.48. The van der Waals surface area contributed by atoms with Crippen molar-refractivity contribution in [2.24, 2.45) is 5.73 Å². The minimum atomic E-state index is -2.03. The van der Waals surface area contributed by atoms with Crippen molar-refractivity contribution >= 4 is 19.9 Å². The molecule has 1 rings (SSSR count). The number of primary amides is 1. The Labute approximate surface area is 96.2 Å². The molecule has 1 aliphatic rings. The van der Waals surface area contributed by atoms with E-state index in [0.29, 0.717) is 0 Å². The lowest BCUT2D eigenvalue weighted by molar-refractivity contribution is -0.133. The van der Waals surface area contributed by atoms with Crippen LogP contribution in [0.2, 0.25) is 25.2 Å². The molecule has 1 fully saturated rings. The van der Waals surface area contributed by atoms with Gasteiger partial charge in [-0.05, 0) is 12.8 Å². The van der Waals surface area contributed by atoms with Gasteiger partial charge in [0.2, 0.25) is 11.8 Å². The van der Waals surface area contributed by atoms with Crippen molar-refractivity contribution in [2.75, 3.05) is 0 Å². The summed E-state index contributed by atoms with van der Waals surface area (Å²) < 4.78 is 0. The number of carbonyl (C=O) groups excluding carboxylic acids is 2. The third-order valence-electron chi connectivity index (χ3n) is 2.65. The lowest BCUT2D eigenvalue weighted by Gasteiger charge is -2.27. The molecule has 1 atom stereocenters. The third kappa shape index (κ3) is 2.61. The van der Waals surface area contributed by atoms with Crippen LogP contribution in [0.1, 0.15) is 12.8 Å². The minimum absolute atomic E-state index is 0.00398. The molecule has 0 aromatic rings. The number of amides is 2. The van der Waals surface area contributed by atoms with Gasteiger partial charge in [0.1, 0.15) is 5.54 Å². The van der Waals surface area contributed by atoms with Gasteiger partial charge < -0.3 is 5.73 Å². The monoisotopic (exact) mass is 239 g/mol. The number of nitrogens with two attached hydrogens (primary N) is 1. The normalized spacial score (nSPS) is 17.4. The Balaban J connectivity index is 2.91. The molecule has 0 aromatic carbocycles. The van der Waals surface area contributed by atoms with Crippen LogP contribution < -0.4 is 5.73 Å². The number of nitriles is 1. The summed E-state index contributed by atoms with van der Waals surface area (Å²) in [6.07, 6.45) is 3.56. The van der Waals surface area contributed by atoms with Gasteiger partial charge >= 0.3 is 0 Å². The van der Waals surface area contributed by atoms with Crippen LogP contribution in [0.3, 0.4) is 0 Å². The molecule has 88 valence electrons. The van der Waals surface area contributed by atoms with Crippen LogP contribution in [0, 0.1) is 11.5 Å². The number of nitrogens with zero attached hydrogens (tertiary/aromatic N) is 2. The Bertz CT molecular complexity index is 352. The van der Waals surface area contributed by atoms with E-state index in [1.54, 1.807) is 0 Å². The van der Waals surface area contributed by atoms with Crippen molar-refractivity contribution in [3.05, 3.63) is 0 Å². The molecule has 16 heavy (non-hydrogen) atoms. The molecule has 6 heteroatoms. The van der Waals surface area contributed by atoms with Crippen LogP contribution in [-0.4, -0.2) is 30.8 Å². The first kappa shape index (κ1) is 12.7. The van der Waals surface area contributed by atoms with Gasteiger partial charge in [0, 0.05) is 6.04 Å². The minimum Gasteiger partial charge on any atom is -0.369 e. The molecule has 1 aliphatic carbocycles. The Hall–Kier alpha value is -1.35. The van der Waals surface area contributed by atoms with E-state index in [4.69, 9.17) is 11.0 Å². The largest absolute Gasteiger partial charge is 0.369 e. The van der Waals surface area contributed by atoms with Crippen LogP contribution in [-0.2, 0) is 9.59 Å². The van der Waals surface area contributed by atoms with Gasteiger partial charge in [0.05, 0.1) is 8.07 Å². The van der Waals surface area contributed by atoms with Crippen LogP contribution >= 0.6 is 0 Å². The smallest absolute Gasteiger partial charge is 0.245 e. The highest BCUT2D eigenvalue weighted by molar-refractivity contribution is 6.83. The molecule has 5 nitrogen and oxygen atoms in total. The second-order valence-electron chi connectivity index (χ2n) is 5.24. The van der Waals surface area contributed by atoms with E-state index in [-0.39, 0.29) is 6.04 Å². The van der Waals surface area contributed by atoms with Crippen molar-refractivity contribution < 1.29 is 9.59 Å². The number of rotatable bonds is 4. The summed E-state index contributed by atoms with van der Waals surface area (Å²) >= 11 is 0. The summed E-state index contributed by atoms with van der Waals surface area (Å²) in [6.45, 7) is 5.72. The maximum absolute atomic E-state index is 12.1. The Morgan fingerprint density at radius 3 is 2.19 bits per heavy atom. The summed E-state index contributed by atoms with van der Waals surface area (Å²) in [5.74, 6) is -1.01. The number of carbonyl (C=O) groups is 2. The fourth-order valence-corrected chi connectivity index (χ4v) is 3.44. The van der Waals surface area contributed by atoms with E-state index in [0.717, 1.165) is 17.7 Å². The molecule has 2 amide bonds. The van der Waals surface area contributed by atoms with Crippen molar-refractivity contribution in [2.45, 2.75) is 44.1 Å². The quantitative estimate of drug-likeness (QED) is 0.338. The van der Waals surface area contributed by atoms with Crippen LogP contribution in [0.15, 0.2) is 0 Å². The van der Waals surface area contributed by atoms with Gasteiger partial charge in [0.25, 0.3) is 0 Å². The van der Waals surface area contributed by atoms with Crippen LogP contribution in [0.25, 0.3) is 0 Å². The lowest BCUT2D eigenvalue weighted by atomic mass is 10.3. The zero-order valence-corrected chi connectivity index (χ0v) is 10.9. The first-order chi connectivity index (χ1) is 7.29. The lowest BCUT2D eigenvalue weighted by Crippen LogP contribution is -2.47. The second kappa shape index (κ2) is 4.26. The van der Waals surface area contributed by atoms with Crippen molar-refractivity contribution in [1.82, 2.24) is 4.90 Å². The topological polar surface area (TPSA) is 87.2 Å². The van der Waals surface area contributed by atoms with Crippen molar-refractivity contribution in [1.29, 1.82) is 5.26 Å². The predicted octanol–water partition coefficient (Wildman–Crippen LogP) is 0.652. The summed E-state index contributed by atoms with van der Waals surface area (Å²) in [6, 6.07) is -0.00398. The van der Waals surface area contributed by atoms with Gasteiger partial charge in [-0.25, -0.2) is 4.90 Å². The molecule has 0 aliphatic heterocycles. The number of hydrogen-bond donors (Lipinski definition) is 1. The average molecular weight is 239 g/mol. The predicted molar refractivity (Wildman–Crippen MR) is 61.8 cm³/mol. The highest BCUT2D eigenvalue weighted by Gasteiger charge is 2.44. The Kier molecular flexibility index (Phi) is 3.38. The van der Waals surface area contributed by atoms with Gasteiger partial charge in [-0.1, -0.05) is 19.6 Å². The molecule has 2 N–H and O–H groups in total. The highest BCUT2D eigenvalue weighted by atomic mass is 28.3. The van der Waals surface area contributed by atoms with E-state index >= 15 is 0 Å². The molecular weight excluding hydrogens is 222 g/mol. The van der Waals surface area contributed by atoms with Gasteiger partial charge in [-0.2, -0.15) is 5.26 Å². The fourth-order valence-electron chi connectivity index (χ4n) is 1.70. The van der Waals surface area contributed by atoms with E-state index < -0.39 is 25.4 Å². The number of hydrogen-bond acceptors (Lipinski definition) is 3. The molecule has 0 spiro atoms. The van der Waals surface area contributed by atoms with Gasteiger partial charge in [-0.15, -0.1) is 0 Å². The van der Waals surface area contributed by atoms with E-state index in [2.05, 4.69) is 0 Å². The maximum atomic E-state index is 12.1. The molecule has 0 radical (unpaired) electrons. The highest BCUT2D eigenvalue weighted by Crippen LogP contribution is 2.31. The molecule has 0 bridgehead atoms. The summed E-state index contributed by atoms with van der Waals surface area (Å²) in [4.78, 5) is 24.6. The van der Waals surface area contributed by atoms with Crippen molar-refractivity contribution in [3.8, 4) is 6.19 Å². The molecule has 0 heterocycles. The standard InChI is InChI=1S/C10H17N3O2Si/c1-16(2,3)8(9(12)14)10(15)13(6-11)7-4-5-7/h7-8H,4-5H2,1-3H3,(H2,12,14)/t8-/m0/s1. The maximum Gasteiger partial charge on any atom is 0.245 e. The van der Waals surface area contributed by atoms with Gasteiger partial charge in [0.15, 0.2) is 6.19 Å². The van der Waals surface area contributed by atoms with E-state index in [1.807, 2.05) is 25.8 Å². The van der Waals surface area contributed by atoms with Crippen molar-refractivity contribution in [3.63, 3.8) is 0 Å². The molecule has 0 saturated heterocycles. The molecule has 1 saturated carbocycles. The zero-order chi connectivity index (χ0) is 12.5. The third-order valence-corrected chi connectivity index (χ3v) is 4.92. The first-order valence-corrected chi connectivity index (χ1v) is 8.89. The van der Waals surface area contributed by atoms with E-state index in [1.165, 1.54) is 0 Å². The van der Waals surface area contributed by atoms with Crippen LogP contribution in [0.5, 0.6) is 0 Å². The van der Waals surface area contributed by atoms with Crippen LogP contribution in [0.4, 0.5) is 0 Å².